The third-order valence-corrected chi connectivity index (χ3v) is 13.5. The maximum atomic E-state index is 6.98. The molecule has 0 atom stereocenters. The molecule has 1 aliphatic rings. The van der Waals surface area contributed by atoms with Crippen molar-refractivity contribution < 1.29 is 4.42 Å². The molecular weight excluding hydrogens is 813 g/mol. The molecule has 0 amide bonds. The molecule has 0 spiro atoms. The molecule has 314 valence electrons. The molecule has 13 rings (SSSR count). The average Bonchev–Trinajstić information content (AvgIpc) is 3.79. The van der Waals surface area contributed by atoms with Gasteiger partial charge < -0.3 is 4.42 Å². The van der Waals surface area contributed by atoms with Gasteiger partial charge in [-0.15, -0.1) is 0 Å². The smallest absolute Gasteiger partial charge is 0.143 e. The van der Waals surface area contributed by atoms with Gasteiger partial charge in [-0.25, -0.2) is 9.97 Å². The van der Waals surface area contributed by atoms with Crippen LogP contribution in [0.4, 0.5) is 0 Å². The lowest BCUT2D eigenvalue weighted by molar-refractivity contribution is 0.670. The van der Waals surface area contributed by atoms with E-state index >= 15 is 0 Å². The lowest BCUT2D eigenvalue weighted by Crippen LogP contribution is -1.98. The van der Waals surface area contributed by atoms with Crippen LogP contribution in [0.2, 0.25) is 0 Å². The van der Waals surface area contributed by atoms with Crippen molar-refractivity contribution in [3.63, 3.8) is 0 Å². The van der Waals surface area contributed by atoms with Gasteiger partial charge in [0.15, 0.2) is 0 Å². The van der Waals surface area contributed by atoms with Crippen molar-refractivity contribution in [2.75, 3.05) is 0 Å². The van der Waals surface area contributed by atoms with Crippen molar-refractivity contribution in [3.05, 3.63) is 242 Å². The maximum Gasteiger partial charge on any atom is 0.143 e. The Labute approximate surface area is 388 Å². The predicted octanol–water partition coefficient (Wildman–Crippen LogP) is 17.4. The molecule has 12 aromatic rings. The molecule has 3 heteroatoms. The highest BCUT2D eigenvalue weighted by Gasteiger charge is 2.21. The summed E-state index contributed by atoms with van der Waals surface area (Å²) >= 11 is 0. The summed E-state index contributed by atoms with van der Waals surface area (Å²) in [6, 6.07) is 77.9. The largest absolute Gasteiger partial charge is 0.455 e. The standard InChI is InChI=1S/C64H42N2O/c1-4-17-41(18-5-1)44-23-14-25-46(35-44)48-33-34-59-57(38-48)58-40-51(47-26-15-24-45(36-47)42-19-6-2-7-20-42)39-56(64(58)67-59)49-27-16-28-50(37-49)61-60(43-21-8-3-9-22-43)65-62-54-31-12-10-29-52(54)53-30-11-13-32-55(53)63(62)66-61/h1-14,16-23,25-40H,15,24H2. The van der Waals surface area contributed by atoms with Gasteiger partial charge in [0.2, 0.25) is 0 Å². The van der Waals surface area contributed by atoms with E-state index in [1.807, 2.05) is 0 Å². The van der Waals surface area contributed by atoms with Gasteiger partial charge in [-0.3, -0.25) is 0 Å². The predicted molar refractivity (Wildman–Crippen MR) is 281 cm³/mol. The van der Waals surface area contributed by atoms with Gasteiger partial charge >= 0.3 is 0 Å². The van der Waals surface area contributed by atoms with Crippen LogP contribution in [0.3, 0.4) is 0 Å². The summed E-state index contributed by atoms with van der Waals surface area (Å²) in [5.41, 5.74) is 19.0. The second-order valence-electron chi connectivity index (χ2n) is 17.6. The van der Waals surface area contributed by atoms with Gasteiger partial charge in [-0.05, 0) is 110 Å². The summed E-state index contributed by atoms with van der Waals surface area (Å²) in [4.78, 5) is 11.2. The van der Waals surface area contributed by atoms with E-state index in [-0.39, 0.29) is 0 Å². The van der Waals surface area contributed by atoms with E-state index in [0.717, 1.165) is 101 Å². The van der Waals surface area contributed by atoms with Crippen LogP contribution >= 0.6 is 0 Å². The fourth-order valence-corrected chi connectivity index (χ4v) is 10.2. The van der Waals surface area contributed by atoms with Crippen molar-refractivity contribution in [1.29, 1.82) is 0 Å². The molecule has 67 heavy (non-hydrogen) atoms. The lowest BCUT2D eigenvalue weighted by Gasteiger charge is -2.17. The Hall–Kier alpha value is -8.66. The van der Waals surface area contributed by atoms with Gasteiger partial charge in [0.05, 0.1) is 22.4 Å². The van der Waals surface area contributed by atoms with E-state index < -0.39 is 0 Å². The summed E-state index contributed by atoms with van der Waals surface area (Å²) in [5, 5.41) is 6.71. The average molecular weight is 855 g/mol. The zero-order valence-electron chi connectivity index (χ0n) is 36.7. The molecule has 2 aromatic heterocycles. The molecule has 0 saturated carbocycles. The van der Waals surface area contributed by atoms with E-state index in [1.165, 1.54) is 44.2 Å². The normalized spacial score (nSPS) is 12.8. The molecular formula is C64H42N2O. The van der Waals surface area contributed by atoms with Gasteiger partial charge in [0.25, 0.3) is 0 Å². The van der Waals surface area contributed by atoms with E-state index in [4.69, 9.17) is 14.4 Å². The highest BCUT2D eigenvalue weighted by atomic mass is 16.3. The Bertz CT molecular complexity index is 3960. The van der Waals surface area contributed by atoms with Crippen molar-refractivity contribution >= 4 is 65.7 Å². The van der Waals surface area contributed by atoms with Gasteiger partial charge in [-0.1, -0.05) is 194 Å². The van der Waals surface area contributed by atoms with Crippen LogP contribution in [0.5, 0.6) is 0 Å². The number of fused-ring (bicyclic) bond motifs is 9. The molecule has 3 nitrogen and oxygen atoms in total. The van der Waals surface area contributed by atoms with Crippen molar-refractivity contribution in [2.24, 2.45) is 0 Å². The Balaban J connectivity index is 1.02. The monoisotopic (exact) mass is 854 g/mol. The molecule has 0 aliphatic heterocycles. The first kappa shape index (κ1) is 38.8. The zero-order chi connectivity index (χ0) is 44.3. The number of aromatic nitrogens is 2. The molecule has 2 heterocycles. The molecule has 1 aliphatic carbocycles. The van der Waals surface area contributed by atoms with E-state index in [2.05, 4.69) is 231 Å². The summed E-state index contributed by atoms with van der Waals surface area (Å²) in [6.45, 7) is 0. The van der Waals surface area contributed by atoms with Crippen molar-refractivity contribution in [3.8, 4) is 55.9 Å². The highest BCUT2D eigenvalue weighted by molar-refractivity contribution is 6.23. The first-order chi connectivity index (χ1) is 33.2. The first-order valence-electron chi connectivity index (χ1n) is 23.1. The van der Waals surface area contributed by atoms with Crippen LogP contribution in [0.15, 0.2) is 235 Å². The quantitative estimate of drug-likeness (QED) is 0.150. The van der Waals surface area contributed by atoms with Gasteiger partial charge in [0.1, 0.15) is 11.2 Å². The number of nitrogens with zero attached hydrogens (tertiary/aromatic N) is 2. The van der Waals surface area contributed by atoms with Crippen molar-refractivity contribution in [2.45, 2.75) is 12.8 Å². The van der Waals surface area contributed by atoms with Crippen LogP contribution < -0.4 is 0 Å². The number of hydrogen-bond acceptors (Lipinski definition) is 3. The van der Waals surface area contributed by atoms with Crippen LogP contribution in [-0.4, -0.2) is 9.97 Å². The minimum Gasteiger partial charge on any atom is -0.455 e. The van der Waals surface area contributed by atoms with Crippen molar-refractivity contribution in [1.82, 2.24) is 9.97 Å². The second kappa shape index (κ2) is 16.1. The molecule has 0 radical (unpaired) electrons. The molecule has 0 N–H and O–H groups in total. The molecule has 0 bridgehead atoms. The second-order valence-corrected chi connectivity index (χ2v) is 17.6. The Morgan fingerprint density at radius 3 is 1.54 bits per heavy atom. The number of rotatable bonds is 7. The summed E-state index contributed by atoms with van der Waals surface area (Å²) in [6.07, 6.45) is 6.75. The first-order valence-corrected chi connectivity index (χ1v) is 23.1. The third kappa shape index (κ3) is 6.83. The third-order valence-electron chi connectivity index (χ3n) is 13.5. The van der Waals surface area contributed by atoms with E-state index in [0.29, 0.717) is 0 Å². The molecule has 0 fully saturated rings. The zero-order valence-corrected chi connectivity index (χ0v) is 36.7. The lowest BCUT2D eigenvalue weighted by atomic mass is 9.88. The summed E-state index contributed by atoms with van der Waals surface area (Å²) in [7, 11) is 0. The number of furan rings is 1. The Morgan fingerprint density at radius 2 is 0.851 bits per heavy atom. The van der Waals surface area contributed by atoms with Crippen LogP contribution in [0, 0.1) is 0 Å². The van der Waals surface area contributed by atoms with E-state index in [1.54, 1.807) is 0 Å². The minimum absolute atomic E-state index is 0.839. The van der Waals surface area contributed by atoms with Crippen LogP contribution in [0.1, 0.15) is 24.0 Å². The van der Waals surface area contributed by atoms with Crippen LogP contribution in [-0.2, 0) is 0 Å². The number of benzene rings is 10. The Morgan fingerprint density at radius 1 is 0.343 bits per heavy atom. The van der Waals surface area contributed by atoms with Crippen LogP contribution in [0.25, 0.3) is 122 Å². The van der Waals surface area contributed by atoms with Gasteiger partial charge in [-0.2, -0.15) is 0 Å². The van der Waals surface area contributed by atoms with E-state index in [9.17, 15) is 0 Å². The SMILES string of the molecule is C1=C(c2cc(-c3cccc(-c4nc5c6ccccc6c6ccccc6c5nc4-c4ccccc4)c3)c3oc4ccc(-c5cccc(-c6ccccc6)c5)cc4c3c2)C=C(c2ccccc2)CC1. The summed E-state index contributed by atoms with van der Waals surface area (Å²) in [5.74, 6) is 0. The topological polar surface area (TPSA) is 38.9 Å². The highest BCUT2D eigenvalue weighted by Crippen LogP contribution is 2.44. The molecule has 10 aromatic carbocycles. The molecule has 0 unspecified atom stereocenters. The Kier molecular flexibility index (Phi) is 9.31. The fourth-order valence-electron chi connectivity index (χ4n) is 10.2. The fraction of sp³-hybridized carbons (Fsp3) is 0.0312. The minimum atomic E-state index is 0.839. The maximum absolute atomic E-state index is 6.98. The number of hydrogen-bond donors (Lipinski definition) is 0. The van der Waals surface area contributed by atoms with Gasteiger partial charge in [0, 0.05) is 38.2 Å². The summed E-state index contributed by atoms with van der Waals surface area (Å²) < 4.78 is 6.98. The number of allylic oxidation sites excluding steroid dienone is 4. The molecule has 0 saturated heterocycles.